The van der Waals surface area contributed by atoms with Gasteiger partial charge < -0.3 is 15.2 Å². The predicted octanol–water partition coefficient (Wildman–Crippen LogP) is 2.82. The largest absolute Gasteiger partial charge is 0.348 e. The molecule has 1 aliphatic heterocycles. The van der Waals surface area contributed by atoms with E-state index in [0.717, 1.165) is 30.2 Å². The lowest BCUT2D eigenvalue weighted by atomic mass is 9.88. The summed E-state index contributed by atoms with van der Waals surface area (Å²) in [5, 5.41) is 6.45. The van der Waals surface area contributed by atoms with E-state index in [-0.39, 0.29) is 17.4 Å². The van der Waals surface area contributed by atoms with Crippen LogP contribution in [0.5, 0.6) is 0 Å². The van der Waals surface area contributed by atoms with Crippen molar-refractivity contribution in [3.05, 3.63) is 41.7 Å². The lowest BCUT2D eigenvalue weighted by molar-refractivity contribution is 0.0904. The van der Waals surface area contributed by atoms with E-state index < -0.39 is 0 Å². The highest BCUT2D eigenvalue weighted by Gasteiger charge is 2.28. The minimum absolute atomic E-state index is 0.00989. The molecule has 2 heterocycles. The molecule has 2 N–H and O–H groups in total. The standard InChI is InChI=1S/C19H26N4O/c1-13(19(2,3)4)21-18(24)16-15-12-20-10-11-23(15)17(22-16)14-8-6-5-7-9-14/h5-9,13,20H,10-12H2,1-4H3,(H,21,24). The Morgan fingerprint density at radius 3 is 2.67 bits per heavy atom. The molecule has 0 spiro atoms. The average molecular weight is 326 g/mol. The van der Waals surface area contributed by atoms with Gasteiger partial charge in [-0.1, -0.05) is 51.1 Å². The van der Waals surface area contributed by atoms with Crippen molar-refractivity contribution >= 4 is 5.91 Å². The first-order valence-corrected chi connectivity index (χ1v) is 8.54. The maximum atomic E-state index is 12.8. The number of nitrogens with one attached hydrogen (secondary N) is 2. The number of carbonyl (C=O) groups excluding carboxylic acids is 1. The van der Waals surface area contributed by atoms with Gasteiger partial charge in [0.05, 0.1) is 5.69 Å². The van der Waals surface area contributed by atoms with Crippen LogP contribution >= 0.6 is 0 Å². The van der Waals surface area contributed by atoms with Gasteiger partial charge in [0.2, 0.25) is 0 Å². The van der Waals surface area contributed by atoms with Crippen molar-refractivity contribution in [1.29, 1.82) is 0 Å². The molecular formula is C19H26N4O. The van der Waals surface area contributed by atoms with Gasteiger partial charge in [-0.15, -0.1) is 0 Å². The number of benzene rings is 1. The molecular weight excluding hydrogens is 300 g/mol. The van der Waals surface area contributed by atoms with Gasteiger partial charge in [0, 0.05) is 31.2 Å². The zero-order valence-electron chi connectivity index (χ0n) is 14.9. The molecule has 1 unspecified atom stereocenters. The van der Waals surface area contributed by atoms with E-state index in [1.165, 1.54) is 0 Å². The number of rotatable bonds is 3. The van der Waals surface area contributed by atoms with Crippen molar-refractivity contribution < 1.29 is 4.79 Å². The number of hydrogen-bond donors (Lipinski definition) is 2. The monoisotopic (exact) mass is 326 g/mol. The quantitative estimate of drug-likeness (QED) is 0.912. The van der Waals surface area contributed by atoms with Crippen LogP contribution in [0.4, 0.5) is 0 Å². The molecule has 1 atom stereocenters. The molecule has 0 saturated carbocycles. The minimum Gasteiger partial charge on any atom is -0.348 e. The summed E-state index contributed by atoms with van der Waals surface area (Å²) in [7, 11) is 0. The number of hydrogen-bond acceptors (Lipinski definition) is 3. The molecule has 0 radical (unpaired) electrons. The molecule has 5 nitrogen and oxygen atoms in total. The van der Waals surface area contributed by atoms with Crippen molar-refractivity contribution in [2.45, 2.75) is 46.8 Å². The maximum absolute atomic E-state index is 12.8. The first kappa shape index (κ1) is 16.7. The zero-order chi connectivity index (χ0) is 17.3. The second-order valence-electron chi connectivity index (χ2n) is 7.49. The Morgan fingerprint density at radius 1 is 1.29 bits per heavy atom. The third kappa shape index (κ3) is 3.22. The van der Waals surface area contributed by atoms with Crippen molar-refractivity contribution in [1.82, 2.24) is 20.2 Å². The topological polar surface area (TPSA) is 59.0 Å². The first-order valence-electron chi connectivity index (χ1n) is 8.54. The van der Waals surface area contributed by atoms with Gasteiger partial charge >= 0.3 is 0 Å². The van der Waals surface area contributed by atoms with E-state index in [1.807, 2.05) is 37.3 Å². The molecule has 128 valence electrons. The summed E-state index contributed by atoms with van der Waals surface area (Å²) in [5.41, 5.74) is 2.56. The molecule has 0 fully saturated rings. The summed E-state index contributed by atoms with van der Waals surface area (Å²) in [6.45, 7) is 10.8. The van der Waals surface area contributed by atoms with Crippen LogP contribution in [-0.2, 0) is 13.1 Å². The fraction of sp³-hybridized carbons (Fsp3) is 0.474. The summed E-state index contributed by atoms with van der Waals surface area (Å²) in [5.74, 6) is 0.785. The molecule has 5 heteroatoms. The van der Waals surface area contributed by atoms with E-state index >= 15 is 0 Å². The predicted molar refractivity (Wildman–Crippen MR) is 95.8 cm³/mol. The van der Waals surface area contributed by atoms with Gasteiger partial charge in [-0.2, -0.15) is 0 Å². The molecule has 0 saturated heterocycles. The summed E-state index contributed by atoms with van der Waals surface area (Å²) < 4.78 is 2.17. The SMILES string of the molecule is CC(NC(=O)c1nc(-c2ccccc2)n2c1CNCC2)C(C)(C)C. The van der Waals surface area contributed by atoms with Gasteiger partial charge in [0.25, 0.3) is 5.91 Å². The van der Waals surface area contributed by atoms with Gasteiger partial charge in [0.15, 0.2) is 5.69 Å². The third-order valence-corrected chi connectivity index (χ3v) is 4.77. The number of nitrogens with zero attached hydrogens (tertiary/aromatic N) is 2. The average Bonchev–Trinajstić information content (AvgIpc) is 2.94. The molecule has 24 heavy (non-hydrogen) atoms. The molecule has 3 rings (SSSR count). The smallest absolute Gasteiger partial charge is 0.272 e. The molecule has 0 aliphatic carbocycles. The van der Waals surface area contributed by atoms with E-state index in [2.05, 4.69) is 36.0 Å². The molecule has 1 aliphatic rings. The Kier molecular flexibility index (Phi) is 4.45. The second kappa shape index (κ2) is 6.40. The maximum Gasteiger partial charge on any atom is 0.272 e. The first-order chi connectivity index (χ1) is 11.4. The lowest BCUT2D eigenvalue weighted by Crippen LogP contribution is -2.42. The van der Waals surface area contributed by atoms with Gasteiger partial charge in [-0.05, 0) is 12.3 Å². The summed E-state index contributed by atoms with van der Waals surface area (Å²) in [4.78, 5) is 17.5. The fourth-order valence-electron chi connectivity index (χ4n) is 2.78. The van der Waals surface area contributed by atoms with Crippen molar-refractivity contribution in [3.63, 3.8) is 0 Å². The number of fused-ring (bicyclic) bond motifs is 1. The summed E-state index contributed by atoms with van der Waals surface area (Å²) in [6, 6.07) is 10.1. The second-order valence-corrected chi connectivity index (χ2v) is 7.49. The number of imidazole rings is 1. The van der Waals surface area contributed by atoms with Crippen LogP contribution in [0.2, 0.25) is 0 Å². The third-order valence-electron chi connectivity index (χ3n) is 4.77. The lowest BCUT2D eigenvalue weighted by Gasteiger charge is -2.28. The molecule has 2 aromatic rings. The van der Waals surface area contributed by atoms with Crippen LogP contribution in [0, 0.1) is 5.41 Å². The van der Waals surface area contributed by atoms with Crippen LogP contribution in [0.3, 0.4) is 0 Å². The highest BCUT2D eigenvalue weighted by Crippen LogP contribution is 2.25. The normalized spacial score (nSPS) is 15.7. The highest BCUT2D eigenvalue weighted by molar-refractivity contribution is 5.94. The minimum atomic E-state index is -0.0907. The Hall–Kier alpha value is -2.14. The van der Waals surface area contributed by atoms with Crippen LogP contribution < -0.4 is 10.6 Å². The Morgan fingerprint density at radius 2 is 2.00 bits per heavy atom. The van der Waals surface area contributed by atoms with Crippen LogP contribution in [0.15, 0.2) is 30.3 Å². The van der Waals surface area contributed by atoms with Crippen LogP contribution in [0.1, 0.15) is 43.9 Å². The van der Waals surface area contributed by atoms with Gasteiger partial charge in [0.1, 0.15) is 5.82 Å². The van der Waals surface area contributed by atoms with Crippen molar-refractivity contribution in [2.75, 3.05) is 6.54 Å². The highest BCUT2D eigenvalue weighted by atomic mass is 16.2. The van der Waals surface area contributed by atoms with E-state index in [0.29, 0.717) is 12.2 Å². The molecule has 1 aromatic heterocycles. The van der Waals surface area contributed by atoms with Crippen LogP contribution in [-0.4, -0.2) is 28.0 Å². The number of carbonyl (C=O) groups is 1. The fourth-order valence-corrected chi connectivity index (χ4v) is 2.78. The Balaban J connectivity index is 1.97. The van der Waals surface area contributed by atoms with E-state index in [9.17, 15) is 4.79 Å². The summed E-state index contributed by atoms with van der Waals surface area (Å²) >= 11 is 0. The number of aromatic nitrogens is 2. The van der Waals surface area contributed by atoms with Crippen molar-refractivity contribution in [2.24, 2.45) is 5.41 Å². The molecule has 0 bridgehead atoms. The molecule has 1 amide bonds. The van der Waals surface area contributed by atoms with Gasteiger partial charge in [-0.25, -0.2) is 4.98 Å². The number of amides is 1. The van der Waals surface area contributed by atoms with E-state index in [4.69, 9.17) is 4.98 Å². The van der Waals surface area contributed by atoms with E-state index in [1.54, 1.807) is 0 Å². The Bertz CT molecular complexity index is 728. The Labute approximate surface area is 143 Å². The van der Waals surface area contributed by atoms with Crippen molar-refractivity contribution in [3.8, 4) is 11.4 Å². The van der Waals surface area contributed by atoms with Gasteiger partial charge in [-0.3, -0.25) is 4.79 Å². The zero-order valence-corrected chi connectivity index (χ0v) is 14.9. The summed E-state index contributed by atoms with van der Waals surface area (Å²) in [6.07, 6.45) is 0. The van der Waals surface area contributed by atoms with Crippen LogP contribution in [0.25, 0.3) is 11.4 Å². The molecule has 1 aromatic carbocycles.